The lowest BCUT2D eigenvalue weighted by atomic mass is 10.2. The minimum absolute atomic E-state index is 0.0213. The third-order valence-corrected chi connectivity index (χ3v) is 2.74. The van der Waals surface area contributed by atoms with Gasteiger partial charge in [0.05, 0.1) is 11.9 Å². The van der Waals surface area contributed by atoms with E-state index in [-0.39, 0.29) is 17.2 Å². The average Bonchev–Trinajstić information content (AvgIpc) is 2.85. The molecule has 0 spiro atoms. The summed E-state index contributed by atoms with van der Waals surface area (Å²) in [5.74, 6) is -1.36. The van der Waals surface area contributed by atoms with Crippen LogP contribution in [0, 0.1) is 5.82 Å². The van der Waals surface area contributed by atoms with E-state index in [9.17, 15) is 17.6 Å². The van der Waals surface area contributed by atoms with Crippen LogP contribution in [-0.2, 0) is 10.0 Å². The molecule has 8 nitrogen and oxygen atoms in total. The van der Waals surface area contributed by atoms with E-state index in [1.807, 2.05) is 4.72 Å². The smallest absolute Gasteiger partial charge is 0.292 e. The van der Waals surface area contributed by atoms with E-state index in [0.29, 0.717) is 0 Å². The molecule has 0 bridgehead atoms. The molecule has 1 aromatic carbocycles. The van der Waals surface area contributed by atoms with Crippen LogP contribution in [0.25, 0.3) is 0 Å². The van der Waals surface area contributed by atoms with Crippen LogP contribution < -0.4 is 10.0 Å². The number of sulfonamides is 1. The molecule has 1 amide bonds. The molecule has 0 atom stereocenters. The summed E-state index contributed by atoms with van der Waals surface area (Å²) in [6.07, 6.45) is 2.06. The van der Waals surface area contributed by atoms with E-state index in [1.165, 1.54) is 6.07 Å². The highest BCUT2D eigenvalue weighted by Gasteiger charge is 2.12. The van der Waals surface area contributed by atoms with Gasteiger partial charge in [-0.05, 0) is 18.2 Å². The van der Waals surface area contributed by atoms with Crippen molar-refractivity contribution < 1.29 is 17.6 Å². The first-order valence-electron chi connectivity index (χ1n) is 5.29. The van der Waals surface area contributed by atoms with E-state index >= 15 is 0 Å². The first kappa shape index (κ1) is 13.9. The molecule has 2 aromatic rings. The number of nitrogens with zero attached hydrogens (tertiary/aromatic N) is 2. The topological polar surface area (TPSA) is 117 Å². The molecule has 0 radical (unpaired) electrons. The van der Waals surface area contributed by atoms with Gasteiger partial charge in [0.15, 0.2) is 0 Å². The maximum absolute atomic E-state index is 13.4. The van der Waals surface area contributed by atoms with Gasteiger partial charge in [0.25, 0.3) is 5.91 Å². The molecule has 0 unspecified atom stereocenters. The molecule has 1 heterocycles. The van der Waals surface area contributed by atoms with Crippen LogP contribution in [0.3, 0.4) is 0 Å². The van der Waals surface area contributed by atoms with Crippen molar-refractivity contribution in [1.82, 2.24) is 15.2 Å². The maximum Gasteiger partial charge on any atom is 0.292 e. The summed E-state index contributed by atoms with van der Waals surface area (Å²) >= 11 is 0. The molecule has 106 valence electrons. The minimum atomic E-state index is -3.62. The van der Waals surface area contributed by atoms with Crippen LogP contribution in [-0.4, -0.2) is 35.8 Å². The van der Waals surface area contributed by atoms with E-state index in [2.05, 4.69) is 20.5 Å². The molecule has 10 heteroatoms. The summed E-state index contributed by atoms with van der Waals surface area (Å²) in [5.41, 5.74) is -0.0539. The minimum Gasteiger partial charge on any atom is -0.319 e. The number of rotatable bonds is 4. The Morgan fingerprint density at radius 1 is 1.40 bits per heavy atom. The summed E-state index contributed by atoms with van der Waals surface area (Å²) in [5, 5.41) is 8.30. The molecule has 0 saturated carbocycles. The standard InChI is InChI=1S/C10H10FN5O3S/c1-20(18,19)16-8-4-6(2-3-7(8)11)14-10(17)9-12-5-13-15-9/h2-5,16H,1H3,(H,14,17)(H,12,13,15). The van der Waals surface area contributed by atoms with Gasteiger partial charge in [-0.25, -0.2) is 17.8 Å². The summed E-state index contributed by atoms with van der Waals surface area (Å²) in [7, 11) is -3.62. The first-order valence-corrected chi connectivity index (χ1v) is 7.18. The fourth-order valence-corrected chi connectivity index (χ4v) is 1.94. The van der Waals surface area contributed by atoms with Crippen molar-refractivity contribution in [3.8, 4) is 0 Å². The predicted octanol–water partition coefficient (Wildman–Crippen LogP) is 0.568. The van der Waals surface area contributed by atoms with Crippen LogP contribution in [0.15, 0.2) is 24.5 Å². The van der Waals surface area contributed by atoms with Crippen molar-refractivity contribution in [3.63, 3.8) is 0 Å². The number of anilines is 2. The van der Waals surface area contributed by atoms with Gasteiger partial charge in [-0.2, -0.15) is 5.10 Å². The van der Waals surface area contributed by atoms with Gasteiger partial charge in [0.2, 0.25) is 15.8 Å². The van der Waals surface area contributed by atoms with Crippen LogP contribution >= 0.6 is 0 Å². The largest absolute Gasteiger partial charge is 0.319 e. The Balaban J connectivity index is 2.21. The van der Waals surface area contributed by atoms with E-state index in [4.69, 9.17) is 0 Å². The second-order valence-electron chi connectivity index (χ2n) is 3.86. The van der Waals surface area contributed by atoms with Crippen molar-refractivity contribution >= 4 is 27.3 Å². The zero-order valence-corrected chi connectivity index (χ0v) is 11.0. The van der Waals surface area contributed by atoms with Gasteiger partial charge in [0, 0.05) is 5.69 Å². The Kier molecular flexibility index (Phi) is 3.66. The molecule has 20 heavy (non-hydrogen) atoms. The second-order valence-corrected chi connectivity index (χ2v) is 5.61. The number of amides is 1. The SMILES string of the molecule is CS(=O)(=O)Nc1cc(NC(=O)c2ncn[nH]2)ccc1F. The van der Waals surface area contributed by atoms with Crippen LogP contribution in [0.5, 0.6) is 0 Å². The highest BCUT2D eigenvalue weighted by Crippen LogP contribution is 2.20. The number of halogens is 1. The molecule has 0 aliphatic carbocycles. The Hall–Kier alpha value is -2.49. The number of aromatic amines is 1. The van der Waals surface area contributed by atoms with Crippen molar-refractivity contribution in [3.05, 3.63) is 36.2 Å². The Morgan fingerprint density at radius 2 is 2.15 bits per heavy atom. The number of carbonyl (C=O) groups is 1. The van der Waals surface area contributed by atoms with Crippen molar-refractivity contribution in [2.75, 3.05) is 16.3 Å². The molecule has 0 aliphatic rings. The number of benzene rings is 1. The summed E-state index contributed by atoms with van der Waals surface area (Å²) in [4.78, 5) is 15.3. The lowest BCUT2D eigenvalue weighted by Gasteiger charge is -2.08. The number of hydrogen-bond acceptors (Lipinski definition) is 5. The van der Waals surface area contributed by atoms with E-state index in [1.54, 1.807) is 0 Å². The summed E-state index contributed by atoms with van der Waals surface area (Å²) < 4.78 is 37.6. The number of hydrogen-bond donors (Lipinski definition) is 3. The quantitative estimate of drug-likeness (QED) is 0.763. The van der Waals surface area contributed by atoms with E-state index < -0.39 is 21.7 Å². The molecule has 0 saturated heterocycles. The second kappa shape index (κ2) is 5.25. The highest BCUT2D eigenvalue weighted by atomic mass is 32.2. The lowest BCUT2D eigenvalue weighted by Crippen LogP contribution is -2.15. The molecule has 0 fully saturated rings. The Morgan fingerprint density at radius 3 is 2.75 bits per heavy atom. The third kappa shape index (κ3) is 3.51. The zero-order chi connectivity index (χ0) is 14.8. The number of nitrogens with one attached hydrogen (secondary N) is 3. The third-order valence-electron chi connectivity index (χ3n) is 2.15. The maximum atomic E-state index is 13.4. The highest BCUT2D eigenvalue weighted by molar-refractivity contribution is 7.92. The van der Waals surface area contributed by atoms with Gasteiger partial charge in [-0.15, -0.1) is 0 Å². The van der Waals surface area contributed by atoms with Gasteiger partial charge >= 0.3 is 0 Å². The molecular weight excluding hydrogens is 289 g/mol. The van der Waals surface area contributed by atoms with Crippen molar-refractivity contribution in [1.29, 1.82) is 0 Å². The van der Waals surface area contributed by atoms with Crippen molar-refractivity contribution in [2.45, 2.75) is 0 Å². The molecule has 1 aromatic heterocycles. The lowest BCUT2D eigenvalue weighted by molar-refractivity contribution is 0.101. The van der Waals surface area contributed by atoms with Crippen LogP contribution in [0.1, 0.15) is 10.6 Å². The monoisotopic (exact) mass is 299 g/mol. The number of aromatic nitrogens is 3. The molecule has 2 rings (SSSR count). The fourth-order valence-electron chi connectivity index (χ4n) is 1.39. The van der Waals surface area contributed by atoms with Gasteiger partial charge in [0.1, 0.15) is 12.1 Å². The molecule has 3 N–H and O–H groups in total. The Labute approximate surface area is 113 Å². The Bertz CT molecular complexity index is 729. The first-order chi connectivity index (χ1) is 9.35. The zero-order valence-electron chi connectivity index (χ0n) is 10.2. The summed E-state index contributed by atoms with van der Waals surface area (Å²) in [6.45, 7) is 0. The summed E-state index contributed by atoms with van der Waals surface area (Å²) in [6, 6.07) is 3.48. The number of carbonyl (C=O) groups excluding carboxylic acids is 1. The van der Waals surface area contributed by atoms with E-state index in [0.717, 1.165) is 24.7 Å². The van der Waals surface area contributed by atoms with Crippen LogP contribution in [0.4, 0.5) is 15.8 Å². The van der Waals surface area contributed by atoms with Gasteiger partial charge in [-0.3, -0.25) is 14.6 Å². The predicted molar refractivity (Wildman–Crippen MR) is 69.2 cm³/mol. The molecule has 0 aliphatic heterocycles. The fraction of sp³-hybridized carbons (Fsp3) is 0.100. The van der Waals surface area contributed by atoms with Crippen molar-refractivity contribution in [2.24, 2.45) is 0 Å². The van der Waals surface area contributed by atoms with Gasteiger partial charge in [-0.1, -0.05) is 0 Å². The normalized spacial score (nSPS) is 11.1. The van der Waals surface area contributed by atoms with Gasteiger partial charge < -0.3 is 5.32 Å². The number of H-pyrrole nitrogens is 1. The molecular formula is C10H10FN5O3S. The van der Waals surface area contributed by atoms with Crippen LogP contribution in [0.2, 0.25) is 0 Å². The average molecular weight is 299 g/mol.